The quantitative estimate of drug-likeness (QED) is 0.0203. The molecule has 0 spiro atoms. The van der Waals surface area contributed by atoms with Crippen LogP contribution in [0, 0.1) is 0 Å². The van der Waals surface area contributed by atoms with Crippen LogP contribution in [0.25, 0.3) is 11.4 Å². The third kappa shape index (κ3) is 20.1. The lowest BCUT2D eigenvalue weighted by atomic mass is 10.1. The maximum atomic E-state index is 12.7. The predicted octanol–water partition coefficient (Wildman–Crippen LogP) is 12.3. The first-order valence-corrected chi connectivity index (χ1v) is 22.5. The van der Waals surface area contributed by atoms with Crippen LogP contribution in [-0.2, 0) is 20.7 Å². The summed E-state index contributed by atoms with van der Waals surface area (Å²) in [5, 5.41) is 0. The van der Waals surface area contributed by atoms with Gasteiger partial charge in [-0.15, -0.1) is 0 Å². The summed E-state index contributed by atoms with van der Waals surface area (Å²) in [5.41, 5.74) is 2.99. The third-order valence-corrected chi connectivity index (χ3v) is 10.3. The predicted molar refractivity (Wildman–Crippen MR) is 240 cm³/mol. The number of hydrogen-bond donors (Lipinski definition) is 0. The Balaban J connectivity index is 0.973. The zero-order valence-electron chi connectivity index (χ0n) is 36.3. The number of nitrogens with zero attached hydrogens (tertiary/aromatic N) is 2. The fraction of sp³-hybridized carbons (Fsp3) is 0.471. The molecule has 0 radical (unpaired) electrons. The van der Waals surface area contributed by atoms with Gasteiger partial charge >= 0.3 is 17.9 Å². The summed E-state index contributed by atoms with van der Waals surface area (Å²) >= 11 is 0. The Morgan fingerprint density at radius 3 is 1.49 bits per heavy atom. The van der Waals surface area contributed by atoms with E-state index < -0.39 is 17.9 Å². The number of aryl methyl sites for hydroxylation is 1. The summed E-state index contributed by atoms with van der Waals surface area (Å²) in [6.45, 7) is 7.63. The maximum absolute atomic E-state index is 12.7. The lowest BCUT2D eigenvalue weighted by molar-refractivity contribution is -0.137. The Bertz CT molecular complexity index is 1830. The van der Waals surface area contributed by atoms with E-state index in [1.54, 1.807) is 48.5 Å². The monoisotopic (exact) mass is 834 g/mol. The Labute approximate surface area is 363 Å². The summed E-state index contributed by atoms with van der Waals surface area (Å²) < 4.78 is 27.6. The summed E-state index contributed by atoms with van der Waals surface area (Å²) in [6, 6.07) is 21.2. The number of ether oxygens (including phenoxy) is 5. The molecule has 328 valence electrons. The number of benzene rings is 3. The Kier molecular flexibility index (Phi) is 23.4. The van der Waals surface area contributed by atoms with Gasteiger partial charge in [0.25, 0.3) is 0 Å². The van der Waals surface area contributed by atoms with Crippen molar-refractivity contribution >= 4 is 17.9 Å². The van der Waals surface area contributed by atoms with Gasteiger partial charge in [0.05, 0.1) is 37.6 Å². The van der Waals surface area contributed by atoms with Crippen LogP contribution in [0.3, 0.4) is 0 Å². The highest BCUT2D eigenvalue weighted by molar-refractivity contribution is 5.92. The second-order valence-electron chi connectivity index (χ2n) is 15.3. The third-order valence-electron chi connectivity index (χ3n) is 10.3. The number of unbranched alkanes of at least 4 members (excludes halogenated alkanes) is 15. The largest absolute Gasteiger partial charge is 0.494 e. The first-order chi connectivity index (χ1) is 29.9. The average Bonchev–Trinajstić information content (AvgIpc) is 3.29. The second-order valence-corrected chi connectivity index (χ2v) is 15.3. The molecular weight excluding hydrogens is 769 g/mol. The van der Waals surface area contributed by atoms with Gasteiger partial charge in [-0.2, -0.15) is 0 Å². The van der Waals surface area contributed by atoms with Crippen LogP contribution in [0.1, 0.15) is 149 Å². The molecule has 0 aliphatic heterocycles. The molecule has 4 aromatic rings. The van der Waals surface area contributed by atoms with Crippen molar-refractivity contribution in [3.63, 3.8) is 0 Å². The minimum absolute atomic E-state index is 0.336. The highest BCUT2D eigenvalue weighted by Gasteiger charge is 2.12. The average molecular weight is 835 g/mol. The molecule has 1 aromatic heterocycles. The standard InChI is InChI=1S/C51H66N2O8/c1-3-5-6-7-9-12-17-22-41-39-52-49(53-40-41)42-23-29-45(30-24-42)57-35-18-13-10-8-11-14-21-38-60-50(55)43-27-33-47(34-28-43)61-51(56)44-25-31-46(32-26-44)58-36-19-15-16-20-37-59-48(54)4-2/h4,23-34,39-40H,2-3,5-22,35-38H2,1H3. The van der Waals surface area contributed by atoms with Crippen molar-refractivity contribution in [1.29, 1.82) is 0 Å². The van der Waals surface area contributed by atoms with Crippen molar-refractivity contribution in [1.82, 2.24) is 9.97 Å². The SMILES string of the molecule is C=CC(=O)OCCCCCCOc1ccc(C(=O)Oc2ccc(C(=O)OCCCCCCCCCOc3ccc(-c4ncc(CCCCCCCCC)cn4)cc3)cc2)cc1. The molecule has 0 unspecified atom stereocenters. The zero-order chi connectivity index (χ0) is 43.2. The minimum atomic E-state index is -0.504. The topological polar surface area (TPSA) is 123 Å². The summed E-state index contributed by atoms with van der Waals surface area (Å²) in [7, 11) is 0. The fourth-order valence-corrected chi connectivity index (χ4v) is 6.64. The van der Waals surface area contributed by atoms with Crippen LogP contribution in [-0.4, -0.2) is 54.3 Å². The van der Waals surface area contributed by atoms with Crippen LogP contribution < -0.4 is 14.2 Å². The summed E-state index contributed by atoms with van der Waals surface area (Å²) in [5.74, 6) is 1.31. The molecule has 0 fully saturated rings. The Morgan fingerprint density at radius 2 is 0.951 bits per heavy atom. The van der Waals surface area contributed by atoms with E-state index in [0.717, 1.165) is 100 Å². The molecule has 1 heterocycles. The van der Waals surface area contributed by atoms with Crippen molar-refractivity contribution in [2.24, 2.45) is 0 Å². The van der Waals surface area contributed by atoms with Crippen LogP contribution >= 0.6 is 0 Å². The molecule has 4 rings (SSSR count). The summed E-state index contributed by atoms with van der Waals surface area (Å²) in [4.78, 5) is 45.4. The minimum Gasteiger partial charge on any atom is -0.494 e. The van der Waals surface area contributed by atoms with E-state index in [1.165, 1.54) is 50.5 Å². The molecule has 0 bridgehead atoms. The Morgan fingerprint density at radius 1 is 0.508 bits per heavy atom. The van der Waals surface area contributed by atoms with Crippen molar-refractivity contribution in [3.05, 3.63) is 115 Å². The van der Waals surface area contributed by atoms with Gasteiger partial charge < -0.3 is 23.7 Å². The normalized spacial score (nSPS) is 10.8. The van der Waals surface area contributed by atoms with Gasteiger partial charge in [-0.25, -0.2) is 24.4 Å². The number of esters is 3. The molecule has 0 saturated heterocycles. The van der Waals surface area contributed by atoms with Crippen LogP contribution in [0.15, 0.2) is 97.8 Å². The van der Waals surface area contributed by atoms with Gasteiger partial charge in [0.2, 0.25) is 0 Å². The van der Waals surface area contributed by atoms with E-state index in [2.05, 4.69) is 23.5 Å². The molecule has 0 saturated carbocycles. The van der Waals surface area contributed by atoms with Crippen molar-refractivity contribution in [3.8, 4) is 28.6 Å². The maximum Gasteiger partial charge on any atom is 0.343 e. The van der Waals surface area contributed by atoms with Gasteiger partial charge in [-0.3, -0.25) is 0 Å². The van der Waals surface area contributed by atoms with E-state index in [-0.39, 0.29) is 0 Å². The highest BCUT2D eigenvalue weighted by Crippen LogP contribution is 2.21. The molecule has 10 nitrogen and oxygen atoms in total. The lowest BCUT2D eigenvalue weighted by Gasteiger charge is -2.09. The number of carbonyl (C=O) groups excluding carboxylic acids is 3. The van der Waals surface area contributed by atoms with E-state index in [0.29, 0.717) is 49.1 Å². The smallest absolute Gasteiger partial charge is 0.343 e. The molecule has 3 aromatic carbocycles. The first-order valence-electron chi connectivity index (χ1n) is 22.5. The van der Waals surface area contributed by atoms with Crippen molar-refractivity contribution in [2.75, 3.05) is 26.4 Å². The van der Waals surface area contributed by atoms with Gasteiger partial charge in [0.15, 0.2) is 5.82 Å². The number of hydrogen-bond acceptors (Lipinski definition) is 10. The molecule has 0 atom stereocenters. The van der Waals surface area contributed by atoms with Gasteiger partial charge in [-0.1, -0.05) is 84.1 Å². The van der Waals surface area contributed by atoms with Crippen molar-refractivity contribution < 1.29 is 38.1 Å². The van der Waals surface area contributed by atoms with Crippen LogP contribution in [0.5, 0.6) is 17.2 Å². The first kappa shape index (κ1) is 48.2. The van der Waals surface area contributed by atoms with Crippen LogP contribution in [0.4, 0.5) is 0 Å². The van der Waals surface area contributed by atoms with E-state index >= 15 is 0 Å². The van der Waals surface area contributed by atoms with Crippen molar-refractivity contribution in [2.45, 2.75) is 129 Å². The Hall–Kier alpha value is -5.51. The fourth-order valence-electron chi connectivity index (χ4n) is 6.64. The highest BCUT2D eigenvalue weighted by atomic mass is 16.5. The lowest BCUT2D eigenvalue weighted by Crippen LogP contribution is -2.09. The molecule has 0 aliphatic rings. The van der Waals surface area contributed by atoms with Gasteiger partial charge in [-0.05, 0) is 130 Å². The molecular formula is C51H66N2O8. The molecule has 0 amide bonds. The summed E-state index contributed by atoms with van der Waals surface area (Å²) in [6.07, 6.45) is 26.1. The number of aromatic nitrogens is 2. The van der Waals surface area contributed by atoms with Crippen LogP contribution in [0.2, 0.25) is 0 Å². The number of rotatable bonds is 32. The number of carbonyl (C=O) groups is 3. The van der Waals surface area contributed by atoms with E-state index in [9.17, 15) is 14.4 Å². The van der Waals surface area contributed by atoms with E-state index in [4.69, 9.17) is 23.7 Å². The van der Waals surface area contributed by atoms with Gasteiger partial charge in [0, 0.05) is 24.0 Å². The molecule has 10 heteroatoms. The zero-order valence-corrected chi connectivity index (χ0v) is 36.3. The second kappa shape index (κ2) is 29.7. The van der Waals surface area contributed by atoms with E-state index in [1.807, 2.05) is 36.7 Å². The molecule has 0 aliphatic carbocycles. The van der Waals surface area contributed by atoms with Gasteiger partial charge in [0.1, 0.15) is 17.2 Å². The molecule has 0 N–H and O–H groups in total. The molecule has 61 heavy (non-hydrogen) atoms.